The summed E-state index contributed by atoms with van der Waals surface area (Å²) in [6, 6.07) is 7.13. The molecule has 0 bridgehead atoms. The molecule has 108 valence electrons. The fraction of sp³-hybridized carbons (Fsp3) is 0.467. The summed E-state index contributed by atoms with van der Waals surface area (Å²) in [5, 5.41) is 2.85. The normalized spacial score (nSPS) is 21.8. The van der Waals surface area contributed by atoms with Gasteiger partial charge >= 0.3 is 6.03 Å². The number of hydrogen-bond donors (Lipinski definition) is 2. The van der Waals surface area contributed by atoms with Crippen LogP contribution in [0.4, 0.5) is 10.5 Å². The van der Waals surface area contributed by atoms with Crippen molar-refractivity contribution >= 4 is 17.6 Å². The van der Waals surface area contributed by atoms with Gasteiger partial charge < -0.3 is 16.0 Å². The van der Waals surface area contributed by atoms with Gasteiger partial charge in [0.2, 0.25) is 5.91 Å². The average molecular weight is 275 g/mol. The Bertz CT molecular complexity index is 516. The molecule has 0 saturated carbocycles. The van der Waals surface area contributed by atoms with Crippen LogP contribution in [0.5, 0.6) is 0 Å². The topological polar surface area (TPSA) is 75.4 Å². The fourth-order valence-electron chi connectivity index (χ4n) is 2.78. The van der Waals surface area contributed by atoms with Crippen molar-refractivity contribution < 1.29 is 9.59 Å². The Labute approximate surface area is 119 Å². The Hall–Kier alpha value is -2.04. The van der Waals surface area contributed by atoms with Gasteiger partial charge in [-0.05, 0) is 44.4 Å². The molecule has 20 heavy (non-hydrogen) atoms. The standard InChI is InChI=1S/C15H21N3O2/c1-3-13-8-7-10(2)18(13)15(20)17-12-6-4-5-11(9-12)14(16)19/h4-6,9-10,13H,3,7-8H2,1-2H3,(H2,16,19)(H,17,20)/t10-,13+/m1/s1. The molecule has 2 rings (SSSR count). The molecule has 3 N–H and O–H groups in total. The molecule has 1 heterocycles. The Morgan fingerprint density at radius 2 is 2.15 bits per heavy atom. The maximum absolute atomic E-state index is 12.4. The summed E-state index contributed by atoms with van der Waals surface area (Å²) in [5.41, 5.74) is 6.23. The molecule has 1 saturated heterocycles. The van der Waals surface area contributed by atoms with Crippen LogP contribution < -0.4 is 11.1 Å². The van der Waals surface area contributed by atoms with Gasteiger partial charge in [-0.15, -0.1) is 0 Å². The summed E-state index contributed by atoms with van der Waals surface area (Å²) in [4.78, 5) is 25.4. The highest BCUT2D eigenvalue weighted by molar-refractivity contribution is 5.96. The van der Waals surface area contributed by atoms with Gasteiger partial charge in [-0.25, -0.2) is 4.79 Å². The monoisotopic (exact) mass is 275 g/mol. The number of benzene rings is 1. The third kappa shape index (κ3) is 2.92. The van der Waals surface area contributed by atoms with E-state index in [-0.39, 0.29) is 12.1 Å². The average Bonchev–Trinajstić information content (AvgIpc) is 2.80. The van der Waals surface area contributed by atoms with Crippen LogP contribution in [0, 0.1) is 0 Å². The number of carbonyl (C=O) groups is 2. The van der Waals surface area contributed by atoms with Crippen LogP contribution in [0.15, 0.2) is 24.3 Å². The summed E-state index contributed by atoms with van der Waals surface area (Å²) in [6.07, 6.45) is 3.04. The maximum Gasteiger partial charge on any atom is 0.322 e. The van der Waals surface area contributed by atoms with Gasteiger partial charge in [0.05, 0.1) is 0 Å². The minimum absolute atomic E-state index is 0.108. The van der Waals surface area contributed by atoms with E-state index in [1.807, 2.05) is 4.90 Å². The predicted octanol–water partition coefficient (Wildman–Crippen LogP) is 2.58. The van der Waals surface area contributed by atoms with Crippen molar-refractivity contribution in [2.45, 2.75) is 45.2 Å². The van der Waals surface area contributed by atoms with Crippen molar-refractivity contribution in [3.05, 3.63) is 29.8 Å². The first-order valence-electron chi connectivity index (χ1n) is 7.02. The lowest BCUT2D eigenvalue weighted by Gasteiger charge is -2.28. The number of anilines is 1. The summed E-state index contributed by atoms with van der Waals surface area (Å²) < 4.78 is 0. The van der Waals surface area contributed by atoms with Crippen LogP contribution in [0.25, 0.3) is 0 Å². The number of rotatable bonds is 3. The van der Waals surface area contributed by atoms with Crippen LogP contribution in [0.1, 0.15) is 43.5 Å². The third-order valence-electron chi connectivity index (χ3n) is 3.89. The quantitative estimate of drug-likeness (QED) is 0.889. The zero-order valence-electron chi connectivity index (χ0n) is 11.9. The highest BCUT2D eigenvalue weighted by atomic mass is 16.2. The molecule has 0 spiro atoms. The largest absolute Gasteiger partial charge is 0.366 e. The van der Waals surface area contributed by atoms with Crippen LogP contribution in [-0.4, -0.2) is 28.9 Å². The van der Waals surface area contributed by atoms with Gasteiger partial charge in [-0.3, -0.25) is 4.79 Å². The molecule has 1 aromatic rings. The number of likely N-dealkylation sites (tertiary alicyclic amines) is 1. The number of nitrogens with two attached hydrogens (primary N) is 1. The number of carbonyl (C=O) groups excluding carboxylic acids is 2. The number of hydrogen-bond acceptors (Lipinski definition) is 2. The van der Waals surface area contributed by atoms with E-state index < -0.39 is 5.91 Å². The molecule has 1 aliphatic rings. The Balaban J connectivity index is 2.11. The molecule has 1 fully saturated rings. The van der Waals surface area contributed by atoms with Gasteiger partial charge in [0.15, 0.2) is 0 Å². The van der Waals surface area contributed by atoms with Crippen molar-refractivity contribution in [2.75, 3.05) is 5.32 Å². The Morgan fingerprint density at radius 3 is 2.80 bits per heavy atom. The maximum atomic E-state index is 12.4. The van der Waals surface area contributed by atoms with Gasteiger partial charge in [-0.1, -0.05) is 13.0 Å². The number of nitrogens with one attached hydrogen (secondary N) is 1. The van der Waals surface area contributed by atoms with Crippen molar-refractivity contribution in [2.24, 2.45) is 5.73 Å². The van der Waals surface area contributed by atoms with E-state index in [0.29, 0.717) is 17.3 Å². The highest BCUT2D eigenvalue weighted by Crippen LogP contribution is 2.26. The first kappa shape index (κ1) is 14.4. The molecule has 0 aromatic heterocycles. The molecule has 0 unspecified atom stereocenters. The highest BCUT2D eigenvalue weighted by Gasteiger charge is 2.33. The second kappa shape index (κ2) is 5.94. The number of primary amides is 1. The Morgan fingerprint density at radius 1 is 1.40 bits per heavy atom. The van der Waals surface area contributed by atoms with Crippen molar-refractivity contribution in [1.29, 1.82) is 0 Å². The Kier molecular flexibility index (Phi) is 4.27. The first-order valence-corrected chi connectivity index (χ1v) is 7.02. The second-order valence-electron chi connectivity index (χ2n) is 5.27. The SMILES string of the molecule is CC[C@H]1CC[C@@H](C)N1C(=O)Nc1cccc(C(N)=O)c1. The zero-order valence-corrected chi connectivity index (χ0v) is 11.9. The van der Waals surface area contributed by atoms with E-state index in [1.54, 1.807) is 24.3 Å². The third-order valence-corrected chi connectivity index (χ3v) is 3.89. The zero-order chi connectivity index (χ0) is 14.7. The first-order chi connectivity index (χ1) is 9.52. The summed E-state index contributed by atoms with van der Waals surface area (Å²) >= 11 is 0. The molecular weight excluding hydrogens is 254 g/mol. The van der Waals surface area contributed by atoms with Crippen LogP contribution >= 0.6 is 0 Å². The molecule has 2 atom stereocenters. The van der Waals surface area contributed by atoms with Gasteiger partial charge in [0.1, 0.15) is 0 Å². The van der Waals surface area contributed by atoms with Crippen LogP contribution in [0.3, 0.4) is 0 Å². The number of urea groups is 1. The molecule has 0 aliphatic carbocycles. The lowest BCUT2D eigenvalue weighted by atomic mass is 10.1. The van der Waals surface area contributed by atoms with E-state index in [0.717, 1.165) is 19.3 Å². The molecular formula is C15H21N3O2. The molecule has 0 radical (unpaired) electrons. The molecule has 5 nitrogen and oxygen atoms in total. The van der Waals surface area contributed by atoms with E-state index in [1.165, 1.54) is 0 Å². The van der Waals surface area contributed by atoms with Crippen molar-refractivity contribution in [3.63, 3.8) is 0 Å². The van der Waals surface area contributed by atoms with Crippen LogP contribution in [-0.2, 0) is 0 Å². The lowest BCUT2D eigenvalue weighted by molar-refractivity contribution is 0.1000. The summed E-state index contributed by atoms with van der Waals surface area (Å²) in [6.45, 7) is 4.16. The summed E-state index contributed by atoms with van der Waals surface area (Å²) in [7, 11) is 0. The summed E-state index contributed by atoms with van der Waals surface area (Å²) in [5.74, 6) is -0.498. The van der Waals surface area contributed by atoms with E-state index in [2.05, 4.69) is 19.2 Å². The minimum atomic E-state index is -0.498. The molecule has 5 heteroatoms. The molecule has 3 amide bonds. The lowest BCUT2D eigenvalue weighted by Crippen LogP contribution is -2.42. The molecule has 1 aromatic carbocycles. The van der Waals surface area contributed by atoms with Gasteiger partial charge in [0.25, 0.3) is 0 Å². The number of amides is 3. The van der Waals surface area contributed by atoms with E-state index in [9.17, 15) is 9.59 Å². The smallest absolute Gasteiger partial charge is 0.322 e. The van der Waals surface area contributed by atoms with E-state index >= 15 is 0 Å². The minimum Gasteiger partial charge on any atom is -0.366 e. The fourth-order valence-corrected chi connectivity index (χ4v) is 2.78. The van der Waals surface area contributed by atoms with E-state index in [4.69, 9.17) is 5.73 Å². The second-order valence-corrected chi connectivity index (χ2v) is 5.27. The van der Waals surface area contributed by atoms with Crippen molar-refractivity contribution in [3.8, 4) is 0 Å². The van der Waals surface area contributed by atoms with Gasteiger partial charge in [-0.2, -0.15) is 0 Å². The molecule has 1 aliphatic heterocycles. The van der Waals surface area contributed by atoms with Crippen molar-refractivity contribution in [1.82, 2.24) is 4.90 Å². The predicted molar refractivity (Wildman–Crippen MR) is 78.6 cm³/mol. The van der Waals surface area contributed by atoms with Crippen LogP contribution in [0.2, 0.25) is 0 Å². The number of nitrogens with zero attached hydrogens (tertiary/aromatic N) is 1. The van der Waals surface area contributed by atoms with Gasteiger partial charge in [0, 0.05) is 23.3 Å².